The van der Waals surface area contributed by atoms with Gasteiger partial charge < -0.3 is 15.4 Å². The predicted octanol–water partition coefficient (Wildman–Crippen LogP) is 2.48. The van der Waals surface area contributed by atoms with Crippen molar-refractivity contribution in [1.82, 2.24) is 20.4 Å². The van der Waals surface area contributed by atoms with Crippen LogP contribution in [0.1, 0.15) is 44.2 Å². The molecule has 1 unspecified atom stereocenters. The Labute approximate surface area is 170 Å². The van der Waals surface area contributed by atoms with E-state index >= 15 is 0 Å². The van der Waals surface area contributed by atoms with E-state index in [0.29, 0.717) is 0 Å². The van der Waals surface area contributed by atoms with E-state index in [-0.39, 0.29) is 6.04 Å². The summed E-state index contributed by atoms with van der Waals surface area (Å²) in [6.45, 7) is 8.48. The zero-order valence-corrected chi connectivity index (χ0v) is 17.8. The van der Waals surface area contributed by atoms with Gasteiger partial charge in [0.2, 0.25) is 0 Å². The SMILES string of the molecule is CCN(CCNC(=NC)NCC(c1ccccc1OC)N1CCCC1)C1CC1. The maximum atomic E-state index is 5.65. The molecule has 3 rings (SSSR count). The van der Waals surface area contributed by atoms with E-state index in [1.165, 1.54) is 31.2 Å². The minimum atomic E-state index is 0.288. The number of methoxy groups -OCH3 is 1. The van der Waals surface area contributed by atoms with Crippen LogP contribution in [0.2, 0.25) is 0 Å². The maximum Gasteiger partial charge on any atom is 0.191 e. The number of nitrogens with zero attached hydrogens (tertiary/aromatic N) is 3. The largest absolute Gasteiger partial charge is 0.496 e. The fraction of sp³-hybridized carbons (Fsp3) is 0.682. The van der Waals surface area contributed by atoms with Crippen LogP contribution in [0.15, 0.2) is 29.3 Å². The number of hydrogen-bond acceptors (Lipinski definition) is 4. The van der Waals surface area contributed by atoms with Gasteiger partial charge in [0.1, 0.15) is 5.75 Å². The van der Waals surface area contributed by atoms with Crippen LogP contribution < -0.4 is 15.4 Å². The van der Waals surface area contributed by atoms with Gasteiger partial charge in [0.15, 0.2) is 5.96 Å². The van der Waals surface area contributed by atoms with Crippen molar-refractivity contribution in [3.05, 3.63) is 29.8 Å². The van der Waals surface area contributed by atoms with Crippen molar-refractivity contribution in [1.29, 1.82) is 0 Å². The number of likely N-dealkylation sites (N-methyl/N-ethyl adjacent to an activating group) is 1. The Hall–Kier alpha value is -1.79. The van der Waals surface area contributed by atoms with Gasteiger partial charge in [-0.1, -0.05) is 25.1 Å². The van der Waals surface area contributed by atoms with Crippen LogP contribution in [0, 0.1) is 0 Å². The fourth-order valence-electron chi connectivity index (χ4n) is 4.20. The second kappa shape index (κ2) is 10.7. The number of rotatable bonds is 10. The summed E-state index contributed by atoms with van der Waals surface area (Å²) < 4.78 is 5.65. The number of ether oxygens (including phenoxy) is 1. The zero-order valence-electron chi connectivity index (χ0n) is 17.8. The lowest BCUT2D eigenvalue weighted by Gasteiger charge is -2.30. The molecule has 2 N–H and O–H groups in total. The van der Waals surface area contributed by atoms with E-state index in [2.05, 4.69) is 50.5 Å². The topological polar surface area (TPSA) is 52.1 Å². The van der Waals surface area contributed by atoms with Crippen LogP contribution in [0.3, 0.4) is 0 Å². The second-order valence-corrected chi connectivity index (χ2v) is 7.74. The third-order valence-corrected chi connectivity index (χ3v) is 5.93. The Balaban J connectivity index is 1.57. The van der Waals surface area contributed by atoms with Gasteiger partial charge in [0, 0.05) is 38.3 Å². The Morgan fingerprint density at radius 2 is 2.00 bits per heavy atom. The van der Waals surface area contributed by atoms with Crippen LogP contribution >= 0.6 is 0 Å². The molecule has 0 aromatic heterocycles. The normalized spacial score (nSPS) is 19.1. The van der Waals surface area contributed by atoms with Crippen molar-refractivity contribution in [2.75, 3.05) is 53.4 Å². The molecule has 156 valence electrons. The molecule has 28 heavy (non-hydrogen) atoms. The van der Waals surface area contributed by atoms with Crippen molar-refractivity contribution in [2.45, 2.75) is 44.7 Å². The van der Waals surface area contributed by atoms with Crippen molar-refractivity contribution < 1.29 is 4.74 Å². The lowest BCUT2D eigenvalue weighted by molar-refractivity contribution is 0.239. The molecular formula is C22H37N5O. The number of aliphatic imine (C=N–C) groups is 1. The van der Waals surface area contributed by atoms with Gasteiger partial charge in [-0.15, -0.1) is 0 Å². The molecule has 1 saturated carbocycles. The summed E-state index contributed by atoms with van der Waals surface area (Å²) in [5, 5.41) is 7.05. The Morgan fingerprint density at radius 3 is 2.64 bits per heavy atom. The first-order valence-electron chi connectivity index (χ1n) is 10.8. The van der Waals surface area contributed by atoms with Gasteiger partial charge in [-0.3, -0.25) is 14.8 Å². The lowest BCUT2D eigenvalue weighted by Crippen LogP contribution is -2.45. The molecule has 1 aliphatic heterocycles. The van der Waals surface area contributed by atoms with Crippen LogP contribution in [0.4, 0.5) is 0 Å². The highest BCUT2D eigenvalue weighted by atomic mass is 16.5. The van der Waals surface area contributed by atoms with Gasteiger partial charge in [-0.25, -0.2) is 0 Å². The van der Waals surface area contributed by atoms with Gasteiger partial charge >= 0.3 is 0 Å². The minimum absolute atomic E-state index is 0.288. The summed E-state index contributed by atoms with van der Waals surface area (Å²) >= 11 is 0. The molecular weight excluding hydrogens is 350 g/mol. The second-order valence-electron chi connectivity index (χ2n) is 7.74. The molecule has 0 bridgehead atoms. The van der Waals surface area contributed by atoms with Crippen LogP contribution in [-0.2, 0) is 0 Å². The van der Waals surface area contributed by atoms with E-state index in [1.54, 1.807) is 7.11 Å². The van der Waals surface area contributed by atoms with Crippen molar-refractivity contribution in [2.24, 2.45) is 4.99 Å². The molecule has 1 aliphatic carbocycles. The number of guanidine groups is 1. The third kappa shape index (κ3) is 5.61. The molecule has 0 spiro atoms. The van der Waals surface area contributed by atoms with Gasteiger partial charge in [-0.05, 0) is 51.4 Å². The van der Waals surface area contributed by atoms with Crippen molar-refractivity contribution in [3.63, 3.8) is 0 Å². The first-order chi connectivity index (χ1) is 13.8. The average molecular weight is 388 g/mol. The van der Waals surface area contributed by atoms with Gasteiger partial charge in [0.05, 0.1) is 13.2 Å². The summed E-state index contributed by atoms with van der Waals surface area (Å²) in [4.78, 5) is 9.55. The summed E-state index contributed by atoms with van der Waals surface area (Å²) in [5.74, 6) is 1.85. The van der Waals surface area contributed by atoms with Gasteiger partial charge in [-0.2, -0.15) is 0 Å². The highest BCUT2D eigenvalue weighted by molar-refractivity contribution is 5.79. The molecule has 1 aromatic rings. The van der Waals surface area contributed by atoms with Gasteiger partial charge in [0.25, 0.3) is 0 Å². The predicted molar refractivity (Wildman–Crippen MR) is 116 cm³/mol. The van der Waals surface area contributed by atoms with E-state index in [4.69, 9.17) is 4.74 Å². The summed E-state index contributed by atoms with van der Waals surface area (Å²) in [5.41, 5.74) is 1.25. The molecule has 1 atom stereocenters. The van der Waals surface area contributed by atoms with E-state index < -0.39 is 0 Å². The fourth-order valence-corrected chi connectivity index (χ4v) is 4.20. The van der Waals surface area contributed by atoms with Crippen LogP contribution in [0.5, 0.6) is 5.75 Å². The number of nitrogens with one attached hydrogen (secondary N) is 2. The van der Waals surface area contributed by atoms with Crippen LogP contribution in [0.25, 0.3) is 0 Å². The number of hydrogen-bond donors (Lipinski definition) is 2. The Bertz CT molecular complexity index is 625. The molecule has 1 aromatic carbocycles. The Morgan fingerprint density at radius 1 is 1.25 bits per heavy atom. The van der Waals surface area contributed by atoms with Crippen molar-refractivity contribution in [3.8, 4) is 5.75 Å². The molecule has 1 heterocycles. The minimum Gasteiger partial charge on any atom is -0.496 e. The number of para-hydroxylation sites is 1. The molecule has 0 radical (unpaired) electrons. The first kappa shape index (κ1) is 20.9. The number of likely N-dealkylation sites (tertiary alicyclic amines) is 1. The quantitative estimate of drug-likeness (QED) is 0.477. The molecule has 6 nitrogen and oxygen atoms in total. The van der Waals surface area contributed by atoms with Crippen LogP contribution in [-0.4, -0.2) is 75.2 Å². The smallest absolute Gasteiger partial charge is 0.191 e. The highest BCUT2D eigenvalue weighted by Gasteiger charge is 2.28. The summed E-state index contributed by atoms with van der Waals surface area (Å²) in [6, 6.07) is 9.49. The monoisotopic (exact) mass is 387 g/mol. The molecule has 2 fully saturated rings. The Kier molecular flexibility index (Phi) is 7.98. The molecule has 2 aliphatic rings. The summed E-state index contributed by atoms with van der Waals surface area (Å²) in [7, 11) is 3.61. The zero-order chi connectivity index (χ0) is 19.8. The number of benzene rings is 1. The average Bonchev–Trinajstić information content (AvgIpc) is 3.44. The molecule has 6 heteroatoms. The van der Waals surface area contributed by atoms with E-state index in [1.807, 2.05) is 13.1 Å². The van der Waals surface area contributed by atoms with E-state index in [0.717, 1.165) is 57.0 Å². The third-order valence-electron chi connectivity index (χ3n) is 5.93. The maximum absolute atomic E-state index is 5.65. The van der Waals surface area contributed by atoms with E-state index in [9.17, 15) is 0 Å². The first-order valence-corrected chi connectivity index (χ1v) is 10.8. The highest BCUT2D eigenvalue weighted by Crippen LogP contribution is 2.31. The summed E-state index contributed by atoms with van der Waals surface area (Å²) in [6.07, 6.45) is 5.26. The standard InChI is InChI=1S/C22H37N5O/c1-4-26(18-11-12-18)16-13-24-22(23-2)25-17-20(27-14-7-8-15-27)19-9-5-6-10-21(19)28-3/h5-6,9-10,18,20H,4,7-8,11-17H2,1-3H3,(H2,23,24,25). The lowest BCUT2D eigenvalue weighted by atomic mass is 10.0. The molecule has 0 amide bonds. The molecule has 1 saturated heterocycles. The van der Waals surface area contributed by atoms with Crippen molar-refractivity contribution >= 4 is 5.96 Å².